The highest BCUT2D eigenvalue weighted by molar-refractivity contribution is 6.77. The lowest BCUT2D eigenvalue weighted by Crippen LogP contribution is -2.58. The average molecular weight is 289 g/mol. The molecule has 0 radical (unpaired) electrons. The van der Waals surface area contributed by atoms with Gasteiger partial charge in [-0.25, -0.2) is 0 Å². The van der Waals surface area contributed by atoms with E-state index in [2.05, 4.69) is 88.2 Å². The second-order valence-electron chi connectivity index (χ2n) is 7.62. The molecule has 0 aromatic heterocycles. The molecule has 2 rings (SSSR count). The maximum absolute atomic E-state index is 3.93. The van der Waals surface area contributed by atoms with E-state index >= 15 is 0 Å². The zero-order chi connectivity index (χ0) is 15.1. The SMILES string of the molecule is CN(C)C1=Cc2ccccc2C1[Si](C)(C)NC(C)(C)C. The molecular weight excluding hydrogens is 260 g/mol. The molecule has 0 aliphatic heterocycles. The van der Waals surface area contributed by atoms with E-state index in [4.69, 9.17) is 0 Å². The van der Waals surface area contributed by atoms with Crippen LogP contribution in [0.2, 0.25) is 13.1 Å². The van der Waals surface area contributed by atoms with Gasteiger partial charge in [-0.05, 0) is 38.0 Å². The van der Waals surface area contributed by atoms with Gasteiger partial charge in [-0.1, -0.05) is 37.4 Å². The van der Waals surface area contributed by atoms with Gasteiger partial charge in [-0.2, -0.15) is 0 Å². The first kappa shape index (κ1) is 15.3. The van der Waals surface area contributed by atoms with Crippen LogP contribution >= 0.6 is 0 Å². The van der Waals surface area contributed by atoms with Crippen molar-refractivity contribution in [3.63, 3.8) is 0 Å². The average Bonchev–Trinajstić information content (AvgIpc) is 2.65. The summed E-state index contributed by atoms with van der Waals surface area (Å²) >= 11 is 0. The molecule has 0 saturated carbocycles. The van der Waals surface area contributed by atoms with Crippen molar-refractivity contribution in [3.8, 4) is 0 Å². The summed E-state index contributed by atoms with van der Waals surface area (Å²) in [5, 5.41) is 0. The summed E-state index contributed by atoms with van der Waals surface area (Å²) in [7, 11) is 2.68. The smallest absolute Gasteiger partial charge is 0.133 e. The summed E-state index contributed by atoms with van der Waals surface area (Å²) in [4.78, 5) is 6.22. The summed E-state index contributed by atoms with van der Waals surface area (Å²) < 4.78 is 0. The van der Waals surface area contributed by atoms with Crippen molar-refractivity contribution in [1.29, 1.82) is 0 Å². The Morgan fingerprint density at radius 3 is 2.25 bits per heavy atom. The second kappa shape index (κ2) is 5.04. The normalized spacial score (nSPS) is 18.8. The monoisotopic (exact) mass is 288 g/mol. The summed E-state index contributed by atoms with van der Waals surface area (Å²) in [6.45, 7) is 11.7. The molecule has 1 atom stereocenters. The van der Waals surface area contributed by atoms with Gasteiger partial charge in [0.15, 0.2) is 0 Å². The maximum atomic E-state index is 3.93. The van der Waals surface area contributed by atoms with E-state index in [9.17, 15) is 0 Å². The number of nitrogens with zero attached hydrogens (tertiary/aromatic N) is 1. The second-order valence-corrected chi connectivity index (χ2v) is 11.9. The third kappa shape index (κ3) is 2.99. The number of likely N-dealkylation sites (N-methyl/N-ethyl adjacent to an activating group) is 1. The van der Waals surface area contributed by atoms with E-state index in [1.165, 1.54) is 16.8 Å². The fourth-order valence-electron chi connectivity index (χ4n) is 3.49. The Hall–Kier alpha value is -1.06. The molecular formula is C17H28N2Si. The Morgan fingerprint density at radius 2 is 1.70 bits per heavy atom. The Labute approximate surface area is 125 Å². The van der Waals surface area contributed by atoms with Gasteiger partial charge in [0.2, 0.25) is 0 Å². The Morgan fingerprint density at radius 1 is 1.10 bits per heavy atom. The molecule has 0 spiro atoms. The molecule has 0 fully saturated rings. The summed E-state index contributed by atoms with van der Waals surface area (Å²) in [6.07, 6.45) is 2.36. The summed E-state index contributed by atoms with van der Waals surface area (Å²) in [6, 6.07) is 8.84. The van der Waals surface area contributed by atoms with E-state index in [0.717, 1.165) is 0 Å². The van der Waals surface area contributed by atoms with Crippen molar-refractivity contribution < 1.29 is 0 Å². The third-order valence-electron chi connectivity index (χ3n) is 3.84. The molecule has 1 aliphatic rings. The first-order chi connectivity index (χ1) is 9.12. The van der Waals surface area contributed by atoms with E-state index in [1.807, 2.05) is 0 Å². The largest absolute Gasteiger partial charge is 0.381 e. The van der Waals surface area contributed by atoms with Crippen molar-refractivity contribution in [1.82, 2.24) is 9.88 Å². The standard InChI is InChI=1S/C17H28N2Si/c1-17(2,3)18-20(6,7)16-14-11-9-8-10-13(14)12-15(16)19(4)5/h8-12,16,18H,1-7H3. The molecule has 1 unspecified atom stereocenters. The minimum atomic E-state index is -1.64. The van der Waals surface area contributed by atoms with Crippen molar-refractivity contribution in [3.05, 3.63) is 41.1 Å². The van der Waals surface area contributed by atoms with Crippen LogP contribution in [0.4, 0.5) is 0 Å². The Kier molecular flexibility index (Phi) is 3.87. The van der Waals surface area contributed by atoms with Crippen molar-refractivity contribution in [2.75, 3.05) is 14.1 Å². The maximum Gasteiger partial charge on any atom is 0.133 e. The molecule has 2 nitrogen and oxygen atoms in total. The molecule has 110 valence electrons. The third-order valence-corrected chi connectivity index (χ3v) is 7.29. The zero-order valence-electron chi connectivity index (χ0n) is 13.9. The number of benzene rings is 1. The van der Waals surface area contributed by atoms with E-state index in [1.54, 1.807) is 0 Å². The van der Waals surface area contributed by atoms with Crippen LogP contribution in [0.5, 0.6) is 0 Å². The molecule has 0 heterocycles. The highest BCUT2D eigenvalue weighted by Gasteiger charge is 2.42. The fourth-order valence-corrected chi connectivity index (χ4v) is 7.69. The van der Waals surface area contributed by atoms with Crippen LogP contribution in [0.3, 0.4) is 0 Å². The molecule has 1 aromatic rings. The van der Waals surface area contributed by atoms with Gasteiger partial charge in [0.25, 0.3) is 0 Å². The molecule has 1 aliphatic carbocycles. The number of rotatable bonds is 3. The number of allylic oxidation sites excluding steroid dienone is 1. The molecule has 1 aromatic carbocycles. The first-order valence-electron chi connectivity index (χ1n) is 7.39. The van der Waals surface area contributed by atoms with Gasteiger partial charge >= 0.3 is 0 Å². The van der Waals surface area contributed by atoms with Gasteiger partial charge in [0, 0.05) is 30.9 Å². The van der Waals surface area contributed by atoms with Crippen LogP contribution in [0.15, 0.2) is 30.0 Å². The van der Waals surface area contributed by atoms with Crippen LogP contribution in [0.25, 0.3) is 6.08 Å². The predicted molar refractivity (Wildman–Crippen MR) is 91.2 cm³/mol. The number of fused-ring (bicyclic) bond motifs is 1. The minimum absolute atomic E-state index is 0.157. The minimum Gasteiger partial charge on any atom is -0.381 e. The van der Waals surface area contributed by atoms with Crippen LogP contribution in [-0.4, -0.2) is 32.8 Å². The number of hydrogen-bond donors (Lipinski definition) is 1. The van der Waals surface area contributed by atoms with Gasteiger partial charge in [0.05, 0.1) is 0 Å². The van der Waals surface area contributed by atoms with Crippen molar-refractivity contribution in [2.45, 2.75) is 44.9 Å². The summed E-state index contributed by atoms with van der Waals surface area (Å²) in [5.74, 6) is 0. The van der Waals surface area contributed by atoms with Gasteiger partial charge in [0.1, 0.15) is 8.24 Å². The van der Waals surface area contributed by atoms with Gasteiger partial charge in [-0.15, -0.1) is 0 Å². The zero-order valence-corrected chi connectivity index (χ0v) is 14.9. The van der Waals surface area contributed by atoms with Gasteiger partial charge < -0.3 is 9.88 Å². The van der Waals surface area contributed by atoms with Crippen LogP contribution in [0, 0.1) is 0 Å². The lowest BCUT2D eigenvalue weighted by Gasteiger charge is -2.40. The van der Waals surface area contributed by atoms with E-state index < -0.39 is 8.24 Å². The molecule has 0 saturated heterocycles. The molecule has 0 bridgehead atoms. The van der Waals surface area contributed by atoms with Gasteiger partial charge in [-0.3, -0.25) is 0 Å². The van der Waals surface area contributed by atoms with Crippen molar-refractivity contribution in [2.24, 2.45) is 0 Å². The highest BCUT2D eigenvalue weighted by Crippen LogP contribution is 2.42. The molecule has 0 amide bonds. The predicted octanol–water partition coefficient (Wildman–Crippen LogP) is 3.82. The Balaban J connectivity index is 2.45. The van der Waals surface area contributed by atoms with Crippen LogP contribution in [0.1, 0.15) is 37.4 Å². The van der Waals surface area contributed by atoms with E-state index in [0.29, 0.717) is 5.54 Å². The molecule has 20 heavy (non-hydrogen) atoms. The first-order valence-corrected chi connectivity index (χ1v) is 10.5. The quantitative estimate of drug-likeness (QED) is 0.851. The molecule has 3 heteroatoms. The lowest BCUT2D eigenvalue weighted by atomic mass is 10.1. The van der Waals surface area contributed by atoms with Crippen molar-refractivity contribution >= 4 is 14.3 Å². The Bertz CT molecular complexity index is 524. The molecule has 1 N–H and O–H groups in total. The van der Waals surface area contributed by atoms with E-state index in [-0.39, 0.29) is 5.54 Å². The fraction of sp³-hybridized carbons (Fsp3) is 0.529. The number of nitrogens with one attached hydrogen (secondary N) is 1. The summed E-state index contributed by atoms with van der Waals surface area (Å²) in [5.41, 5.74) is 5.00. The lowest BCUT2D eigenvalue weighted by molar-refractivity contribution is 0.479. The highest BCUT2D eigenvalue weighted by atomic mass is 28.3. The number of hydrogen-bond acceptors (Lipinski definition) is 2. The van der Waals surface area contributed by atoms with Crippen LogP contribution in [-0.2, 0) is 0 Å². The topological polar surface area (TPSA) is 15.3 Å². The van der Waals surface area contributed by atoms with Crippen LogP contribution < -0.4 is 4.98 Å².